The first kappa shape index (κ1) is 31.2. The first-order valence-electron chi connectivity index (χ1n) is 16.7. The third kappa shape index (κ3) is 8.11. The Morgan fingerprint density at radius 3 is 1.98 bits per heavy atom. The van der Waals surface area contributed by atoms with Crippen LogP contribution in [0.5, 0.6) is 0 Å². The van der Waals surface area contributed by atoms with Gasteiger partial charge in [-0.2, -0.15) is 0 Å². The van der Waals surface area contributed by atoms with Crippen molar-refractivity contribution in [2.75, 3.05) is 0 Å². The minimum Gasteiger partial charge on any atom is -0.305 e. The van der Waals surface area contributed by atoms with Gasteiger partial charge in [0.15, 0.2) is 0 Å². The van der Waals surface area contributed by atoms with E-state index in [2.05, 4.69) is 122 Å². The summed E-state index contributed by atoms with van der Waals surface area (Å²) in [6.07, 6.45) is 2.14. The molecular formula is C44H40IrN2-2. The Balaban J connectivity index is 0.000000246. The normalized spacial score (nSPS) is 12.0. The van der Waals surface area contributed by atoms with E-state index in [-0.39, 0.29) is 20.1 Å². The standard InChI is InChI=1S/C30H26N.C14H14N.Ir/c1-30(2,3)20-21-16-17-31-29(18-21)23-14-12-22(13-15-23)28-19-24-8-4-5-9-25(24)26-10-6-7-11-27(26)28;1-10-4-6-13(7-5-10)14-8-11(2)12(3)9-15-14;/h4-14,16-19H,20H2,1-3H3;4-6,8-9H,1-3H3;/q2*-1;/i20D2;;. The van der Waals surface area contributed by atoms with Crippen LogP contribution in [0.1, 0.15) is 45.8 Å². The van der Waals surface area contributed by atoms with E-state index in [0.29, 0.717) is 5.56 Å². The quantitative estimate of drug-likeness (QED) is 0.131. The first-order chi connectivity index (χ1) is 22.9. The van der Waals surface area contributed by atoms with Crippen LogP contribution < -0.4 is 0 Å². The monoisotopic (exact) mass is 791 g/mol. The van der Waals surface area contributed by atoms with Crippen LogP contribution in [0.4, 0.5) is 0 Å². The molecule has 0 atom stereocenters. The zero-order valence-electron chi connectivity index (χ0n) is 29.8. The number of nitrogens with zero attached hydrogens (tertiary/aromatic N) is 2. The Hall–Kier alpha value is -4.43. The van der Waals surface area contributed by atoms with Gasteiger partial charge in [-0.05, 0) is 70.2 Å². The van der Waals surface area contributed by atoms with Crippen LogP contribution in [0.25, 0.3) is 55.2 Å². The second kappa shape index (κ2) is 14.6. The van der Waals surface area contributed by atoms with Crippen LogP contribution in [-0.2, 0) is 26.5 Å². The van der Waals surface area contributed by atoms with Crippen molar-refractivity contribution >= 4 is 21.5 Å². The van der Waals surface area contributed by atoms with Gasteiger partial charge in [-0.25, -0.2) is 0 Å². The van der Waals surface area contributed by atoms with Gasteiger partial charge in [0.25, 0.3) is 0 Å². The summed E-state index contributed by atoms with van der Waals surface area (Å²) in [5.41, 5.74) is 9.77. The summed E-state index contributed by atoms with van der Waals surface area (Å²) in [5, 5.41) is 4.94. The summed E-state index contributed by atoms with van der Waals surface area (Å²) >= 11 is 0. The maximum atomic E-state index is 8.60. The molecule has 2 aromatic heterocycles. The Labute approximate surface area is 296 Å². The molecule has 5 aromatic carbocycles. The molecule has 0 amide bonds. The first-order valence-corrected chi connectivity index (χ1v) is 15.7. The minimum absolute atomic E-state index is 0. The molecule has 0 aliphatic carbocycles. The number of pyridine rings is 2. The van der Waals surface area contributed by atoms with Crippen molar-refractivity contribution in [3.8, 4) is 33.6 Å². The molecule has 1 radical (unpaired) electrons. The molecule has 2 nitrogen and oxygen atoms in total. The van der Waals surface area contributed by atoms with E-state index in [4.69, 9.17) is 2.74 Å². The molecular weight excluding hydrogens is 749 g/mol. The number of aryl methyl sites for hydroxylation is 3. The van der Waals surface area contributed by atoms with Crippen molar-refractivity contribution in [3.05, 3.63) is 156 Å². The molecule has 0 unspecified atom stereocenters. The molecule has 0 spiro atoms. The second-order valence-corrected chi connectivity index (χ2v) is 12.9. The SMILES string of the molecule is Cc1c[c-]c(-c2cc(C)c(C)cn2)cc1.[2H]C([2H])(c1ccnc(-c2[c-]cc(-c3cc4ccccc4c4ccccc34)cc2)c1)C(C)(C)C.[Ir]. The van der Waals surface area contributed by atoms with Crippen LogP contribution in [0.2, 0.25) is 0 Å². The minimum atomic E-state index is -1.46. The van der Waals surface area contributed by atoms with Gasteiger partial charge in [-0.3, -0.25) is 0 Å². The van der Waals surface area contributed by atoms with E-state index in [9.17, 15) is 0 Å². The van der Waals surface area contributed by atoms with Crippen molar-refractivity contribution in [2.24, 2.45) is 5.41 Å². The predicted molar refractivity (Wildman–Crippen MR) is 195 cm³/mol. The molecule has 7 aromatic rings. The number of aromatic nitrogens is 2. The number of benzene rings is 5. The Bertz CT molecular complexity index is 2220. The maximum absolute atomic E-state index is 8.60. The average molecular weight is 791 g/mol. The largest absolute Gasteiger partial charge is 0.305 e. The van der Waals surface area contributed by atoms with Crippen LogP contribution in [-0.4, -0.2) is 9.97 Å². The van der Waals surface area contributed by atoms with Gasteiger partial charge in [0.1, 0.15) is 0 Å². The molecule has 7 rings (SSSR count). The Morgan fingerprint density at radius 2 is 1.32 bits per heavy atom. The maximum Gasteiger partial charge on any atom is 0.0321 e. The Kier molecular flexibility index (Phi) is 9.65. The van der Waals surface area contributed by atoms with E-state index < -0.39 is 11.8 Å². The van der Waals surface area contributed by atoms with E-state index >= 15 is 0 Å². The number of hydrogen-bond donors (Lipinski definition) is 0. The molecule has 0 saturated heterocycles. The molecule has 0 fully saturated rings. The predicted octanol–water partition coefficient (Wildman–Crippen LogP) is 11.6. The van der Waals surface area contributed by atoms with Gasteiger partial charge < -0.3 is 9.97 Å². The number of fused-ring (bicyclic) bond motifs is 3. The molecule has 0 aliphatic rings. The van der Waals surface area contributed by atoms with E-state index in [1.165, 1.54) is 43.8 Å². The van der Waals surface area contributed by atoms with Crippen molar-refractivity contribution < 1.29 is 22.8 Å². The van der Waals surface area contributed by atoms with Crippen LogP contribution in [0.15, 0.2) is 122 Å². The summed E-state index contributed by atoms with van der Waals surface area (Å²) in [5.74, 6) is 0. The van der Waals surface area contributed by atoms with Crippen molar-refractivity contribution in [3.63, 3.8) is 0 Å². The van der Waals surface area contributed by atoms with Crippen molar-refractivity contribution in [1.29, 1.82) is 0 Å². The van der Waals surface area contributed by atoms with E-state index in [1.807, 2.05) is 51.2 Å². The van der Waals surface area contributed by atoms with Gasteiger partial charge >= 0.3 is 0 Å². The van der Waals surface area contributed by atoms with Gasteiger partial charge in [0.05, 0.1) is 0 Å². The molecule has 237 valence electrons. The second-order valence-electron chi connectivity index (χ2n) is 12.9. The zero-order valence-corrected chi connectivity index (χ0v) is 30.2. The molecule has 47 heavy (non-hydrogen) atoms. The van der Waals surface area contributed by atoms with Gasteiger partial charge in [-0.15, -0.1) is 65.2 Å². The van der Waals surface area contributed by atoms with Crippen LogP contribution in [0.3, 0.4) is 0 Å². The van der Waals surface area contributed by atoms with Crippen molar-refractivity contribution in [1.82, 2.24) is 9.97 Å². The fourth-order valence-corrected chi connectivity index (χ4v) is 5.57. The molecule has 2 heterocycles. The van der Waals surface area contributed by atoms with Gasteiger partial charge in [0, 0.05) is 35.2 Å². The average Bonchev–Trinajstić information content (AvgIpc) is 3.09. The van der Waals surface area contributed by atoms with Crippen LogP contribution in [0, 0.1) is 38.3 Å². The molecule has 0 saturated carbocycles. The molecule has 0 aliphatic heterocycles. The molecule has 0 bridgehead atoms. The Morgan fingerprint density at radius 1 is 0.660 bits per heavy atom. The summed E-state index contributed by atoms with van der Waals surface area (Å²) in [4.78, 5) is 8.91. The summed E-state index contributed by atoms with van der Waals surface area (Å²) in [7, 11) is 0. The van der Waals surface area contributed by atoms with Crippen molar-refractivity contribution in [2.45, 2.75) is 47.9 Å². The third-order valence-electron chi connectivity index (χ3n) is 8.06. The number of rotatable bonds is 4. The summed E-state index contributed by atoms with van der Waals surface area (Å²) < 4.78 is 17.2. The fourth-order valence-electron chi connectivity index (χ4n) is 5.57. The molecule has 0 N–H and O–H groups in total. The number of hydrogen-bond acceptors (Lipinski definition) is 2. The van der Waals surface area contributed by atoms with Crippen LogP contribution >= 0.6 is 0 Å². The topological polar surface area (TPSA) is 25.8 Å². The van der Waals surface area contributed by atoms with E-state index in [0.717, 1.165) is 28.1 Å². The van der Waals surface area contributed by atoms with Gasteiger partial charge in [-0.1, -0.05) is 117 Å². The smallest absolute Gasteiger partial charge is 0.0321 e. The zero-order chi connectivity index (χ0) is 34.1. The summed E-state index contributed by atoms with van der Waals surface area (Å²) in [6, 6.07) is 43.9. The fraction of sp³-hybridized carbons (Fsp3) is 0.182. The molecule has 3 heteroatoms. The van der Waals surface area contributed by atoms with Gasteiger partial charge in [0.2, 0.25) is 0 Å². The summed E-state index contributed by atoms with van der Waals surface area (Å²) in [6.45, 7) is 12.0. The van der Waals surface area contributed by atoms with E-state index in [1.54, 1.807) is 12.3 Å². The third-order valence-corrected chi connectivity index (χ3v) is 8.06.